The molecule has 0 saturated heterocycles. The first-order chi connectivity index (χ1) is 14.5. The molecule has 0 atom stereocenters. The minimum atomic E-state index is -0.295. The molecule has 4 rings (SSSR count). The number of methoxy groups -OCH3 is 1. The van der Waals surface area contributed by atoms with Gasteiger partial charge in [-0.25, -0.2) is 0 Å². The lowest BCUT2D eigenvalue weighted by atomic mass is 10.0. The van der Waals surface area contributed by atoms with Gasteiger partial charge in [0.2, 0.25) is 0 Å². The summed E-state index contributed by atoms with van der Waals surface area (Å²) in [6.45, 7) is 0. The highest BCUT2D eigenvalue weighted by atomic mass is 79.9. The van der Waals surface area contributed by atoms with Crippen LogP contribution in [0.5, 0.6) is 5.75 Å². The average molecular weight is 463 g/mol. The standard InChI is InChI=1S/C24H19BrN2O3/c1-27-20-9-4-3-8-19(20)22(28)21(15-10-12-18(30-2)13-11-15)23(27)26-24(29)16-6-5-7-17(25)14-16/h3-14H,1-2H3,(H,26,29). The molecule has 0 spiro atoms. The molecule has 0 aliphatic carbocycles. The molecular weight excluding hydrogens is 444 g/mol. The monoisotopic (exact) mass is 462 g/mol. The number of rotatable bonds is 4. The summed E-state index contributed by atoms with van der Waals surface area (Å²) in [4.78, 5) is 26.4. The van der Waals surface area contributed by atoms with E-state index in [2.05, 4.69) is 21.2 Å². The Morgan fingerprint density at radius 1 is 1.00 bits per heavy atom. The van der Waals surface area contributed by atoms with Crippen LogP contribution in [0.25, 0.3) is 22.0 Å². The number of para-hydroxylation sites is 1. The van der Waals surface area contributed by atoms with E-state index in [1.54, 1.807) is 43.5 Å². The Labute approximate surface area is 182 Å². The molecule has 4 aromatic rings. The van der Waals surface area contributed by atoms with E-state index in [-0.39, 0.29) is 11.3 Å². The summed E-state index contributed by atoms with van der Waals surface area (Å²) in [6.07, 6.45) is 0. The molecule has 0 unspecified atom stereocenters. The average Bonchev–Trinajstić information content (AvgIpc) is 2.77. The first-order valence-corrected chi connectivity index (χ1v) is 10.1. The number of hydrogen-bond donors (Lipinski definition) is 1. The van der Waals surface area contributed by atoms with Gasteiger partial charge in [0, 0.05) is 22.5 Å². The number of nitrogens with zero attached hydrogens (tertiary/aromatic N) is 1. The second kappa shape index (κ2) is 8.16. The number of hydrogen-bond acceptors (Lipinski definition) is 3. The van der Waals surface area contributed by atoms with Crippen molar-refractivity contribution in [3.05, 3.63) is 93.1 Å². The number of amides is 1. The zero-order valence-corrected chi connectivity index (χ0v) is 18.1. The second-order valence-electron chi connectivity index (χ2n) is 6.82. The Kier molecular flexibility index (Phi) is 5.42. The van der Waals surface area contributed by atoms with Crippen molar-refractivity contribution in [2.24, 2.45) is 7.05 Å². The molecule has 0 radical (unpaired) electrons. The fraction of sp³-hybridized carbons (Fsp3) is 0.0833. The molecule has 0 fully saturated rings. The Morgan fingerprint density at radius 3 is 2.43 bits per heavy atom. The van der Waals surface area contributed by atoms with E-state index in [1.807, 2.05) is 48.0 Å². The van der Waals surface area contributed by atoms with Crippen LogP contribution in [0.2, 0.25) is 0 Å². The third kappa shape index (κ3) is 3.62. The van der Waals surface area contributed by atoms with E-state index in [9.17, 15) is 9.59 Å². The number of anilines is 1. The molecule has 6 heteroatoms. The highest BCUT2D eigenvalue weighted by Crippen LogP contribution is 2.30. The fourth-order valence-electron chi connectivity index (χ4n) is 3.47. The summed E-state index contributed by atoms with van der Waals surface area (Å²) in [5.74, 6) is 0.835. The number of halogens is 1. The van der Waals surface area contributed by atoms with Crippen molar-refractivity contribution in [3.63, 3.8) is 0 Å². The van der Waals surface area contributed by atoms with Crippen LogP contribution < -0.4 is 15.5 Å². The minimum Gasteiger partial charge on any atom is -0.497 e. The van der Waals surface area contributed by atoms with Gasteiger partial charge >= 0.3 is 0 Å². The SMILES string of the molecule is COc1ccc(-c2c(NC(=O)c3cccc(Br)c3)n(C)c3ccccc3c2=O)cc1. The van der Waals surface area contributed by atoms with Crippen molar-refractivity contribution in [2.45, 2.75) is 0 Å². The van der Waals surface area contributed by atoms with Gasteiger partial charge in [-0.15, -0.1) is 0 Å². The summed E-state index contributed by atoms with van der Waals surface area (Å²) in [7, 11) is 3.43. The predicted octanol–water partition coefficient (Wildman–Crippen LogP) is 5.23. The maximum Gasteiger partial charge on any atom is 0.256 e. The van der Waals surface area contributed by atoms with Gasteiger partial charge in [0.05, 0.1) is 18.2 Å². The van der Waals surface area contributed by atoms with E-state index >= 15 is 0 Å². The fourth-order valence-corrected chi connectivity index (χ4v) is 3.87. The van der Waals surface area contributed by atoms with Gasteiger partial charge in [0.15, 0.2) is 5.43 Å². The number of benzene rings is 3. The van der Waals surface area contributed by atoms with Gasteiger partial charge in [0.1, 0.15) is 11.6 Å². The number of aromatic nitrogens is 1. The zero-order valence-electron chi connectivity index (χ0n) is 16.5. The highest BCUT2D eigenvalue weighted by molar-refractivity contribution is 9.10. The van der Waals surface area contributed by atoms with Crippen LogP contribution in [-0.4, -0.2) is 17.6 Å². The van der Waals surface area contributed by atoms with E-state index in [0.717, 1.165) is 9.99 Å². The second-order valence-corrected chi connectivity index (χ2v) is 7.74. The number of carbonyl (C=O) groups excluding carboxylic acids is 1. The maximum absolute atomic E-state index is 13.4. The molecule has 1 heterocycles. The summed E-state index contributed by atoms with van der Waals surface area (Å²) >= 11 is 3.39. The van der Waals surface area contributed by atoms with Gasteiger partial charge in [-0.3, -0.25) is 9.59 Å². The van der Waals surface area contributed by atoms with Crippen LogP contribution in [0.15, 0.2) is 82.1 Å². The highest BCUT2D eigenvalue weighted by Gasteiger charge is 2.19. The van der Waals surface area contributed by atoms with Crippen molar-refractivity contribution >= 4 is 38.6 Å². The van der Waals surface area contributed by atoms with Crippen molar-refractivity contribution in [1.29, 1.82) is 0 Å². The van der Waals surface area contributed by atoms with Gasteiger partial charge in [0.25, 0.3) is 5.91 Å². The van der Waals surface area contributed by atoms with Crippen LogP contribution in [0.3, 0.4) is 0 Å². The van der Waals surface area contributed by atoms with Gasteiger partial charge < -0.3 is 14.6 Å². The topological polar surface area (TPSA) is 60.3 Å². The van der Waals surface area contributed by atoms with Gasteiger partial charge in [-0.05, 0) is 48.0 Å². The molecular formula is C24H19BrN2O3. The minimum absolute atomic E-state index is 0.140. The van der Waals surface area contributed by atoms with Crippen molar-refractivity contribution in [2.75, 3.05) is 12.4 Å². The largest absolute Gasteiger partial charge is 0.497 e. The van der Waals surface area contributed by atoms with Crippen LogP contribution >= 0.6 is 15.9 Å². The molecule has 1 N–H and O–H groups in total. The first-order valence-electron chi connectivity index (χ1n) is 9.32. The van der Waals surface area contributed by atoms with Gasteiger partial charge in [-0.2, -0.15) is 0 Å². The summed E-state index contributed by atoms with van der Waals surface area (Å²) in [5, 5.41) is 3.54. The molecule has 0 aliphatic heterocycles. The Morgan fingerprint density at radius 2 is 1.73 bits per heavy atom. The molecule has 0 bridgehead atoms. The van der Waals surface area contributed by atoms with E-state index in [1.165, 1.54) is 0 Å². The van der Waals surface area contributed by atoms with Gasteiger partial charge in [-0.1, -0.05) is 46.3 Å². The molecule has 0 saturated carbocycles. The number of nitrogens with one attached hydrogen (secondary N) is 1. The third-order valence-corrected chi connectivity index (χ3v) is 5.50. The number of carbonyl (C=O) groups is 1. The summed E-state index contributed by atoms with van der Waals surface area (Å²) in [5.41, 5.74) is 2.22. The van der Waals surface area contributed by atoms with Crippen LogP contribution in [0.4, 0.5) is 5.82 Å². The molecule has 30 heavy (non-hydrogen) atoms. The predicted molar refractivity (Wildman–Crippen MR) is 123 cm³/mol. The third-order valence-electron chi connectivity index (χ3n) is 5.01. The lowest BCUT2D eigenvalue weighted by Crippen LogP contribution is -2.21. The van der Waals surface area contributed by atoms with Crippen molar-refractivity contribution in [3.8, 4) is 16.9 Å². The molecule has 150 valence electrons. The van der Waals surface area contributed by atoms with E-state index in [4.69, 9.17) is 4.74 Å². The molecule has 3 aromatic carbocycles. The molecule has 1 amide bonds. The lowest BCUT2D eigenvalue weighted by Gasteiger charge is -2.18. The number of ether oxygens (including phenoxy) is 1. The number of fused-ring (bicyclic) bond motifs is 1. The quantitative estimate of drug-likeness (QED) is 0.451. The summed E-state index contributed by atoms with van der Waals surface area (Å²) in [6, 6.07) is 21.7. The van der Waals surface area contributed by atoms with Crippen molar-refractivity contribution in [1.82, 2.24) is 4.57 Å². The smallest absolute Gasteiger partial charge is 0.256 e. The Balaban J connectivity index is 1.93. The van der Waals surface area contributed by atoms with Crippen LogP contribution in [0.1, 0.15) is 10.4 Å². The Bertz CT molecular complexity index is 1310. The van der Waals surface area contributed by atoms with E-state index in [0.29, 0.717) is 33.6 Å². The number of pyridine rings is 1. The molecule has 1 aromatic heterocycles. The van der Waals surface area contributed by atoms with Crippen LogP contribution in [-0.2, 0) is 7.05 Å². The zero-order chi connectivity index (χ0) is 21.3. The van der Waals surface area contributed by atoms with Crippen LogP contribution in [0, 0.1) is 0 Å². The maximum atomic E-state index is 13.4. The summed E-state index contributed by atoms with van der Waals surface area (Å²) < 4.78 is 7.88. The lowest BCUT2D eigenvalue weighted by molar-refractivity contribution is 0.102. The normalized spacial score (nSPS) is 10.8. The number of aryl methyl sites for hydroxylation is 1. The molecule has 0 aliphatic rings. The first kappa shape index (κ1) is 19.9. The van der Waals surface area contributed by atoms with Crippen molar-refractivity contribution < 1.29 is 9.53 Å². The van der Waals surface area contributed by atoms with E-state index < -0.39 is 0 Å². The molecule has 5 nitrogen and oxygen atoms in total. The Hall–Kier alpha value is -3.38.